The molecule has 2 aliphatic rings. The van der Waals surface area contributed by atoms with Crippen molar-refractivity contribution in [3.63, 3.8) is 0 Å². The molecule has 1 aromatic rings. The van der Waals surface area contributed by atoms with Crippen molar-refractivity contribution in [2.45, 2.75) is 52.4 Å². The van der Waals surface area contributed by atoms with Crippen LogP contribution in [0.2, 0.25) is 0 Å². The highest BCUT2D eigenvalue weighted by Gasteiger charge is 2.51. The van der Waals surface area contributed by atoms with Crippen LogP contribution >= 0.6 is 0 Å². The number of amides is 3. The van der Waals surface area contributed by atoms with Gasteiger partial charge in [-0.1, -0.05) is 24.3 Å². The summed E-state index contributed by atoms with van der Waals surface area (Å²) in [7, 11) is -0.398. The largest absolute Gasteiger partial charge is 0.494 e. The van der Waals surface area contributed by atoms with Crippen LogP contribution in [0.3, 0.4) is 0 Å². The topological polar surface area (TPSA) is 59.1 Å². The molecule has 6 nitrogen and oxygen atoms in total. The molecule has 2 fully saturated rings. The molecule has 3 rings (SSSR count). The van der Waals surface area contributed by atoms with E-state index in [2.05, 4.69) is 0 Å². The van der Waals surface area contributed by atoms with Crippen molar-refractivity contribution in [3.8, 4) is 0 Å². The summed E-state index contributed by atoms with van der Waals surface area (Å²) in [6, 6.07) is 7.59. The van der Waals surface area contributed by atoms with E-state index in [0.717, 1.165) is 11.0 Å². The molecule has 0 bridgehead atoms. The average molecular weight is 344 g/mol. The van der Waals surface area contributed by atoms with E-state index >= 15 is 0 Å². The van der Waals surface area contributed by atoms with Gasteiger partial charge in [-0.3, -0.25) is 9.69 Å². The predicted molar refractivity (Wildman–Crippen MR) is 95.4 cm³/mol. The minimum Gasteiger partial charge on any atom is -0.399 e. The van der Waals surface area contributed by atoms with Crippen LogP contribution in [0, 0.1) is 0 Å². The predicted octanol–water partition coefficient (Wildman–Crippen LogP) is 1.77. The van der Waals surface area contributed by atoms with Gasteiger partial charge in [0.15, 0.2) is 0 Å². The highest BCUT2D eigenvalue weighted by atomic mass is 16.7. The monoisotopic (exact) mass is 344 g/mol. The molecule has 2 aliphatic heterocycles. The van der Waals surface area contributed by atoms with Gasteiger partial charge >= 0.3 is 13.1 Å². The normalized spacial score (nSPS) is 22.2. The summed E-state index contributed by atoms with van der Waals surface area (Å²) in [4.78, 5) is 26.8. The Labute approximate surface area is 149 Å². The standard InChI is InChI=1S/C18H25BN2O4/c1-6-21-15(22)12-20(16(21)23)11-13-7-9-14(10-8-13)19-24-17(2,3)18(4,5)25-19/h7-10H,6,11-12H2,1-5H3. The summed E-state index contributed by atoms with van der Waals surface area (Å²) >= 11 is 0. The third-order valence-corrected chi connectivity index (χ3v) is 5.32. The molecule has 0 atom stereocenters. The van der Waals surface area contributed by atoms with Gasteiger partial charge in [0.2, 0.25) is 5.91 Å². The van der Waals surface area contributed by atoms with Gasteiger partial charge in [-0.2, -0.15) is 0 Å². The van der Waals surface area contributed by atoms with E-state index in [1.165, 1.54) is 4.90 Å². The zero-order valence-electron chi connectivity index (χ0n) is 15.5. The molecule has 7 heteroatoms. The number of hydrogen-bond acceptors (Lipinski definition) is 4. The fourth-order valence-electron chi connectivity index (χ4n) is 3.01. The molecule has 0 N–H and O–H groups in total. The summed E-state index contributed by atoms with van der Waals surface area (Å²) in [5, 5.41) is 0. The molecule has 2 saturated heterocycles. The number of imide groups is 1. The fraction of sp³-hybridized carbons (Fsp3) is 0.556. The molecular weight excluding hydrogens is 319 g/mol. The van der Waals surface area contributed by atoms with Crippen molar-refractivity contribution in [2.75, 3.05) is 13.1 Å². The summed E-state index contributed by atoms with van der Waals surface area (Å²) < 4.78 is 12.1. The maximum Gasteiger partial charge on any atom is 0.494 e. The number of benzene rings is 1. The zero-order chi connectivity index (χ0) is 18.4. The lowest BCUT2D eigenvalue weighted by Gasteiger charge is -2.32. The Balaban J connectivity index is 1.68. The molecule has 0 spiro atoms. The van der Waals surface area contributed by atoms with E-state index in [1.807, 2.05) is 52.0 Å². The van der Waals surface area contributed by atoms with Crippen LogP contribution in [-0.4, -0.2) is 53.1 Å². The molecule has 2 heterocycles. The Kier molecular flexibility index (Phi) is 4.41. The Hall–Kier alpha value is -1.86. The van der Waals surface area contributed by atoms with Crippen molar-refractivity contribution >= 4 is 24.5 Å². The van der Waals surface area contributed by atoms with Crippen LogP contribution < -0.4 is 5.46 Å². The van der Waals surface area contributed by atoms with Crippen molar-refractivity contribution in [1.29, 1.82) is 0 Å². The van der Waals surface area contributed by atoms with Gasteiger partial charge in [0.05, 0.1) is 11.2 Å². The SMILES string of the molecule is CCN1C(=O)CN(Cc2ccc(B3OC(C)(C)C(C)(C)O3)cc2)C1=O. The van der Waals surface area contributed by atoms with Gasteiger partial charge in [-0.05, 0) is 45.6 Å². The third-order valence-electron chi connectivity index (χ3n) is 5.32. The van der Waals surface area contributed by atoms with Gasteiger partial charge < -0.3 is 14.2 Å². The van der Waals surface area contributed by atoms with Gasteiger partial charge in [0.25, 0.3) is 0 Å². The van der Waals surface area contributed by atoms with E-state index < -0.39 is 7.12 Å². The first-order chi connectivity index (χ1) is 11.6. The summed E-state index contributed by atoms with van der Waals surface area (Å²) in [5.74, 6) is -0.138. The van der Waals surface area contributed by atoms with E-state index in [-0.39, 0.29) is 29.7 Å². The van der Waals surface area contributed by atoms with Gasteiger partial charge in [0, 0.05) is 13.1 Å². The van der Waals surface area contributed by atoms with Crippen LogP contribution in [0.4, 0.5) is 4.79 Å². The molecule has 0 saturated carbocycles. The summed E-state index contributed by atoms with van der Waals surface area (Å²) in [5.41, 5.74) is 1.17. The van der Waals surface area contributed by atoms with Crippen molar-refractivity contribution in [2.24, 2.45) is 0 Å². The lowest BCUT2D eigenvalue weighted by molar-refractivity contribution is -0.125. The second kappa shape index (κ2) is 6.14. The minimum absolute atomic E-state index is 0.138. The number of rotatable bonds is 4. The molecule has 0 radical (unpaired) electrons. The lowest BCUT2D eigenvalue weighted by atomic mass is 9.79. The van der Waals surface area contributed by atoms with E-state index in [9.17, 15) is 9.59 Å². The van der Waals surface area contributed by atoms with Crippen molar-refractivity contribution in [3.05, 3.63) is 29.8 Å². The van der Waals surface area contributed by atoms with Gasteiger partial charge in [0.1, 0.15) is 6.54 Å². The Bertz CT molecular complexity index is 671. The first kappa shape index (κ1) is 18.0. The Morgan fingerprint density at radius 3 is 2.08 bits per heavy atom. The van der Waals surface area contributed by atoms with Gasteiger partial charge in [-0.15, -0.1) is 0 Å². The quantitative estimate of drug-likeness (QED) is 0.617. The molecule has 3 amide bonds. The number of carbonyl (C=O) groups is 2. The lowest BCUT2D eigenvalue weighted by Crippen LogP contribution is -2.41. The summed E-state index contributed by atoms with van der Waals surface area (Å²) in [6.07, 6.45) is 0. The highest BCUT2D eigenvalue weighted by Crippen LogP contribution is 2.36. The maximum atomic E-state index is 12.2. The Morgan fingerprint density at radius 2 is 1.60 bits per heavy atom. The van der Waals surface area contributed by atoms with Crippen molar-refractivity contribution in [1.82, 2.24) is 9.80 Å². The molecule has 0 aliphatic carbocycles. The summed E-state index contributed by atoms with van der Waals surface area (Å²) in [6.45, 7) is 10.9. The van der Waals surface area contributed by atoms with Crippen molar-refractivity contribution < 1.29 is 18.9 Å². The van der Waals surface area contributed by atoms with Crippen LogP contribution in [0.15, 0.2) is 24.3 Å². The number of carbonyl (C=O) groups excluding carboxylic acids is 2. The first-order valence-electron chi connectivity index (χ1n) is 8.68. The van der Waals surface area contributed by atoms with E-state index in [1.54, 1.807) is 11.8 Å². The fourth-order valence-corrected chi connectivity index (χ4v) is 3.01. The van der Waals surface area contributed by atoms with Crippen LogP contribution in [0.25, 0.3) is 0 Å². The van der Waals surface area contributed by atoms with Crippen LogP contribution in [-0.2, 0) is 20.6 Å². The van der Waals surface area contributed by atoms with Gasteiger partial charge in [-0.25, -0.2) is 4.79 Å². The van der Waals surface area contributed by atoms with E-state index in [0.29, 0.717) is 13.1 Å². The molecule has 0 unspecified atom stereocenters. The molecule has 134 valence electrons. The zero-order valence-corrected chi connectivity index (χ0v) is 15.5. The van der Waals surface area contributed by atoms with Crippen LogP contribution in [0.5, 0.6) is 0 Å². The first-order valence-corrected chi connectivity index (χ1v) is 8.68. The molecular formula is C18H25BN2O4. The number of nitrogens with zero attached hydrogens (tertiary/aromatic N) is 2. The second-order valence-corrected chi connectivity index (χ2v) is 7.61. The highest BCUT2D eigenvalue weighted by molar-refractivity contribution is 6.62. The van der Waals surface area contributed by atoms with Crippen LogP contribution in [0.1, 0.15) is 40.2 Å². The van der Waals surface area contributed by atoms with E-state index in [4.69, 9.17) is 9.31 Å². The Morgan fingerprint density at radius 1 is 1.04 bits per heavy atom. The smallest absolute Gasteiger partial charge is 0.399 e. The third kappa shape index (κ3) is 3.18. The number of urea groups is 1. The second-order valence-electron chi connectivity index (χ2n) is 7.61. The molecule has 0 aromatic heterocycles. The molecule has 25 heavy (non-hydrogen) atoms. The molecule has 1 aromatic carbocycles. The maximum absolute atomic E-state index is 12.2. The number of hydrogen-bond donors (Lipinski definition) is 0. The number of likely N-dealkylation sites (N-methyl/N-ethyl adjacent to an activating group) is 1. The average Bonchev–Trinajstić information content (AvgIpc) is 2.92. The minimum atomic E-state index is -0.398.